The molecule has 9 heteroatoms. The number of carbonyl (C=O) groups is 2. The Hall–Kier alpha value is -1.51. The molecule has 1 aliphatic heterocycles. The van der Waals surface area contributed by atoms with Gasteiger partial charge in [-0.1, -0.05) is 0 Å². The number of piperidine rings is 1. The number of aliphatic carboxylic acids is 1. The van der Waals surface area contributed by atoms with Gasteiger partial charge in [-0.3, -0.25) is 4.79 Å². The number of alkyl halides is 3. The zero-order valence-electron chi connectivity index (χ0n) is 11.7. The van der Waals surface area contributed by atoms with E-state index in [1.54, 1.807) is 0 Å². The molecule has 2 N–H and O–H groups in total. The number of urea groups is 1. The highest BCUT2D eigenvalue weighted by Gasteiger charge is 2.39. The first-order valence-corrected chi connectivity index (χ1v) is 6.60. The molecule has 122 valence electrons. The van der Waals surface area contributed by atoms with E-state index in [-0.39, 0.29) is 19.5 Å². The summed E-state index contributed by atoms with van der Waals surface area (Å²) in [5, 5.41) is 11.3. The van der Waals surface area contributed by atoms with Gasteiger partial charge in [0.05, 0.1) is 5.92 Å². The molecule has 0 spiro atoms. The largest absolute Gasteiger partial charge is 0.481 e. The fourth-order valence-electron chi connectivity index (χ4n) is 2.20. The molecule has 21 heavy (non-hydrogen) atoms. The number of halogens is 3. The summed E-state index contributed by atoms with van der Waals surface area (Å²) in [4.78, 5) is 24.0. The molecule has 2 amide bonds. The molecule has 0 aliphatic carbocycles. The van der Waals surface area contributed by atoms with Crippen molar-refractivity contribution in [3.63, 3.8) is 0 Å². The van der Waals surface area contributed by atoms with Crippen molar-refractivity contribution in [1.82, 2.24) is 10.2 Å². The molecule has 0 aromatic carbocycles. The van der Waals surface area contributed by atoms with Gasteiger partial charge >= 0.3 is 18.2 Å². The Labute approximate surface area is 120 Å². The van der Waals surface area contributed by atoms with E-state index >= 15 is 0 Å². The maximum absolute atomic E-state index is 12.4. The quantitative estimate of drug-likeness (QED) is 0.805. The maximum atomic E-state index is 12.4. The molecule has 0 bridgehead atoms. The Kier molecular flexibility index (Phi) is 6.25. The summed E-state index contributed by atoms with van der Waals surface area (Å²) in [6.07, 6.45) is -5.72. The molecule has 1 aliphatic rings. The fourth-order valence-corrected chi connectivity index (χ4v) is 2.20. The lowest BCUT2D eigenvalue weighted by Gasteiger charge is -2.31. The van der Waals surface area contributed by atoms with Crippen molar-refractivity contribution in [3.8, 4) is 0 Å². The summed E-state index contributed by atoms with van der Waals surface area (Å²) in [5.74, 6) is -1.59. The van der Waals surface area contributed by atoms with Crippen LogP contribution in [0, 0.1) is 5.92 Å². The van der Waals surface area contributed by atoms with Crippen LogP contribution in [0.3, 0.4) is 0 Å². The number of nitrogens with zero attached hydrogens (tertiary/aromatic N) is 1. The molecule has 0 radical (unpaired) electrons. The fraction of sp³-hybridized carbons (Fsp3) is 0.833. The van der Waals surface area contributed by atoms with Gasteiger partial charge in [0.2, 0.25) is 0 Å². The highest BCUT2D eigenvalue weighted by Crippen LogP contribution is 2.24. The molecule has 1 fully saturated rings. The van der Waals surface area contributed by atoms with Crippen LogP contribution in [0.15, 0.2) is 0 Å². The second-order valence-corrected chi connectivity index (χ2v) is 4.91. The predicted molar refractivity (Wildman–Crippen MR) is 66.8 cm³/mol. The number of hydrogen-bond acceptors (Lipinski definition) is 3. The van der Waals surface area contributed by atoms with Gasteiger partial charge in [0.1, 0.15) is 0 Å². The van der Waals surface area contributed by atoms with Crippen molar-refractivity contribution in [1.29, 1.82) is 0 Å². The normalized spacial score (nSPS) is 21.0. The molecule has 0 aromatic rings. The van der Waals surface area contributed by atoms with Crippen molar-refractivity contribution in [2.45, 2.75) is 31.5 Å². The number of rotatable bonds is 5. The second kappa shape index (κ2) is 7.48. The smallest absolute Gasteiger partial charge is 0.414 e. The van der Waals surface area contributed by atoms with Gasteiger partial charge in [-0.05, 0) is 19.3 Å². The Bertz CT molecular complexity index is 376. The lowest BCUT2D eigenvalue weighted by molar-refractivity contribution is -0.213. The molecule has 6 nitrogen and oxygen atoms in total. The summed E-state index contributed by atoms with van der Waals surface area (Å²) in [7, 11) is 0.960. The van der Waals surface area contributed by atoms with E-state index in [1.807, 2.05) is 0 Å². The zero-order valence-corrected chi connectivity index (χ0v) is 11.7. The van der Waals surface area contributed by atoms with E-state index in [4.69, 9.17) is 5.11 Å². The van der Waals surface area contributed by atoms with E-state index in [0.29, 0.717) is 19.4 Å². The topological polar surface area (TPSA) is 78.9 Å². The van der Waals surface area contributed by atoms with Crippen LogP contribution in [0.5, 0.6) is 0 Å². The van der Waals surface area contributed by atoms with Crippen molar-refractivity contribution in [2.75, 3.05) is 26.7 Å². The van der Waals surface area contributed by atoms with Crippen LogP contribution in [-0.2, 0) is 9.53 Å². The van der Waals surface area contributed by atoms with Crippen LogP contribution < -0.4 is 5.32 Å². The highest BCUT2D eigenvalue weighted by molar-refractivity contribution is 5.76. The van der Waals surface area contributed by atoms with Gasteiger partial charge in [-0.15, -0.1) is 0 Å². The number of hydrogen-bond donors (Lipinski definition) is 2. The van der Waals surface area contributed by atoms with Gasteiger partial charge in [-0.2, -0.15) is 13.2 Å². The number of carboxylic acids is 1. The average molecular weight is 312 g/mol. The Morgan fingerprint density at radius 3 is 2.67 bits per heavy atom. The van der Waals surface area contributed by atoms with Gasteiger partial charge in [0, 0.05) is 26.7 Å². The molecule has 2 atom stereocenters. The van der Waals surface area contributed by atoms with Crippen LogP contribution in [0.25, 0.3) is 0 Å². The maximum Gasteiger partial charge on any atom is 0.414 e. The lowest BCUT2D eigenvalue weighted by Crippen LogP contribution is -2.47. The molecule has 1 heterocycles. The highest BCUT2D eigenvalue weighted by atomic mass is 19.4. The molecule has 1 saturated heterocycles. The summed E-state index contributed by atoms with van der Waals surface area (Å²) in [6, 6.07) is -0.544. The minimum absolute atomic E-state index is 0.0775. The van der Waals surface area contributed by atoms with Gasteiger partial charge in [0.25, 0.3) is 0 Å². The van der Waals surface area contributed by atoms with Gasteiger partial charge < -0.3 is 20.1 Å². The third kappa shape index (κ3) is 5.41. The third-order valence-corrected chi connectivity index (χ3v) is 3.39. The minimum Gasteiger partial charge on any atom is -0.481 e. The van der Waals surface area contributed by atoms with Crippen LogP contribution in [0.4, 0.5) is 18.0 Å². The number of likely N-dealkylation sites (tertiary alicyclic amines) is 1. The Balaban J connectivity index is 2.38. The molecular weight excluding hydrogens is 293 g/mol. The van der Waals surface area contributed by atoms with Crippen molar-refractivity contribution < 1.29 is 32.6 Å². The molecule has 0 aromatic heterocycles. The molecular formula is C12H19F3N2O4. The van der Waals surface area contributed by atoms with Crippen molar-refractivity contribution >= 4 is 12.0 Å². The van der Waals surface area contributed by atoms with E-state index in [2.05, 4.69) is 10.1 Å². The summed E-state index contributed by atoms with van der Waals surface area (Å²) < 4.78 is 41.6. The van der Waals surface area contributed by atoms with Crippen LogP contribution >= 0.6 is 0 Å². The predicted octanol–water partition coefficient (Wildman–Crippen LogP) is 1.46. The number of ether oxygens (including phenoxy) is 1. The van der Waals surface area contributed by atoms with Gasteiger partial charge in [0.15, 0.2) is 6.10 Å². The summed E-state index contributed by atoms with van der Waals surface area (Å²) in [5.41, 5.74) is 0. The van der Waals surface area contributed by atoms with E-state index in [1.165, 1.54) is 4.90 Å². The summed E-state index contributed by atoms with van der Waals surface area (Å²) in [6.45, 7) is 0.293. The van der Waals surface area contributed by atoms with Gasteiger partial charge in [-0.25, -0.2) is 4.79 Å². The van der Waals surface area contributed by atoms with Crippen LogP contribution in [-0.4, -0.2) is 61.0 Å². The first kappa shape index (κ1) is 17.5. The second-order valence-electron chi connectivity index (χ2n) is 4.91. The molecule has 1 rings (SSSR count). The Morgan fingerprint density at radius 1 is 1.48 bits per heavy atom. The number of amides is 2. The molecule has 2 unspecified atom stereocenters. The molecule has 0 saturated carbocycles. The van der Waals surface area contributed by atoms with E-state index in [0.717, 1.165) is 7.11 Å². The van der Waals surface area contributed by atoms with E-state index < -0.39 is 30.2 Å². The monoisotopic (exact) mass is 312 g/mol. The number of methoxy groups -OCH3 is 1. The number of carbonyl (C=O) groups excluding carboxylic acids is 1. The summed E-state index contributed by atoms with van der Waals surface area (Å²) >= 11 is 0. The minimum atomic E-state index is -4.47. The van der Waals surface area contributed by atoms with Crippen LogP contribution in [0.1, 0.15) is 19.3 Å². The standard InChI is InChI=1S/C12H19F3N2O4/c1-21-9(12(13,14)15)4-5-16-11(20)17-6-2-3-8(7-17)10(18)19/h8-9H,2-7H2,1H3,(H,16,20)(H,18,19). The van der Waals surface area contributed by atoms with E-state index in [9.17, 15) is 22.8 Å². The Morgan fingerprint density at radius 2 is 2.14 bits per heavy atom. The zero-order chi connectivity index (χ0) is 16.0. The number of carboxylic acid groups (broad SMARTS) is 1. The average Bonchev–Trinajstić information content (AvgIpc) is 2.42. The third-order valence-electron chi connectivity index (χ3n) is 3.39. The first-order chi connectivity index (χ1) is 9.75. The van der Waals surface area contributed by atoms with Crippen molar-refractivity contribution in [2.24, 2.45) is 5.92 Å². The number of nitrogens with one attached hydrogen (secondary N) is 1. The van der Waals surface area contributed by atoms with Crippen molar-refractivity contribution in [3.05, 3.63) is 0 Å². The SMILES string of the molecule is COC(CCNC(=O)N1CCCC(C(=O)O)C1)C(F)(F)F. The lowest BCUT2D eigenvalue weighted by atomic mass is 9.99. The first-order valence-electron chi connectivity index (χ1n) is 6.60. The van der Waals surface area contributed by atoms with Crippen LogP contribution in [0.2, 0.25) is 0 Å².